The fourth-order valence-corrected chi connectivity index (χ4v) is 1.32. The molecule has 0 atom stereocenters. The minimum Gasteiger partial charge on any atom is -0.462 e. The number of esters is 1. The predicted octanol–water partition coefficient (Wildman–Crippen LogP) is 1.47. The first-order chi connectivity index (χ1) is 9.43. The van der Waals surface area contributed by atoms with E-state index in [9.17, 15) is 9.59 Å². The summed E-state index contributed by atoms with van der Waals surface area (Å²) in [6.45, 7) is 2.68. The molecule has 6 heteroatoms. The number of Topliss-reactive ketones (excluding diaryl/α,β-unsaturated/α-hetero) is 1. The van der Waals surface area contributed by atoms with E-state index in [4.69, 9.17) is 20.1 Å². The van der Waals surface area contributed by atoms with Gasteiger partial charge in [-0.3, -0.25) is 4.79 Å². The first-order valence-corrected chi connectivity index (χ1v) is 5.75. The van der Waals surface area contributed by atoms with E-state index in [1.54, 1.807) is 25.1 Å². The van der Waals surface area contributed by atoms with Gasteiger partial charge in [0.05, 0.1) is 0 Å². The predicted molar refractivity (Wildman–Crippen MR) is 70.9 cm³/mol. The summed E-state index contributed by atoms with van der Waals surface area (Å²) in [5.41, 5.74) is 5.25. The van der Waals surface area contributed by atoms with Crippen LogP contribution in [-0.2, 0) is 14.3 Å². The molecule has 20 heavy (non-hydrogen) atoms. The maximum Gasteiger partial charge on any atom is 0.331 e. The van der Waals surface area contributed by atoms with Gasteiger partial charge in [-0.15, -0.1) is 0 Å². The molecule has 1 rings (SSSR count). The highest BCUT2D eigenvalue weighted by atomic mass is 16.5. The minimum atomic E-state index is -0.709. The average molecular weight is 274 g/mol. The van der Waals surface area contributed by atoms with E-state index in [0.29, 0.717) is 5.76 Å². The number of carbonyl (C=O) groups excluding carboxylic acids is 2. The lowest BCUT2D eigenvalue weighted by molar-refractivity contribution is -0.141. The van der Waals surface area contributed by atoms with Crippen molar-refractivity contribution in [1.82, 2.24) is 0 Å². The quantitative estimate of drug-likeness (QED) is 0.495. The lowest BCUT2D eigenvalue weighted by atomic mass is 10.1. The zero-order chi connectivity index (χ0) is 15.1. The molecule has 0 fully saturated rings. The molecule has 0 aliphatic carbocycles. The summed E-state index contributed by atoms with van der Waals surface area (Å²) in [5.74, 6) is -0.126. The van der Waals surface area contributed by atoms with Crippen molar-refractivity contribution in [3.05, 3.63) is 41.0 Å². The summed E-state index contributed by atoms with van der Waals surface area (Å²) >= 11 is 0. The normalized spacial score (nSPS) is 11.8. The fraction of sp³-hybridized carbons (Fsp3) is 0.214. The Morgan fingerprint density at radius 1 is 1.50 bits per heavy atom. The Bertz CT molecular complexity index is 613. The molecule has 0 saturated carbocycles. The Labute approximate surface area is 116 Å². The number of nitrogens with two attached hydrogens (primary N) is 1. The van der Waals surface area contributed by atoms with Gasteiger partial charge in [-0.05, 0) is 32.1 Å². The molecule has 0 aliphatic heterocycles. The van der Waals surface area contributed by atoms with Crippen LogP contribution in [0, 0.1) is 18.3 Å². The molecule has 2 N–H and O–H groups in total. The highest BCUT2D eigenvalue weighted by Gasteiger charge is 2.13. The number of nitriles is 1. The number of hydrogen-bond acceptors (Lipinski definition) is 6. The van der Waals surface area contributed by atoms with E-state index in [1.807, 2.05) is 0 Å². The zero-order valence-electron chi connectivity index (χ0n) is 11.2. The Morgan fingerprint density at radius 3 is 2.70 bits per heavy atom. The third kappa shape index (κ3) is 4.46. The Kier molecular flexibility index (Phi) is 5.30. The second-order valence-corrected chi connectivity index (χ2v) is 3.98. The van der Waals surface area contributed by atoms with Gasteiger partial charge in [-0.2, -0.15) is 5.26 Å². The molecule has 0 radical (unpaired) electrons. The molecule has 1 aromatic heterocycles. The van der Waals surface area contributed by atoms with E-state index >= 15 is 0 Å². The maximum atomic E-state index is 11.5. The molecule has 0 bridgehead atoms. The smallest absolute Gasteiger partial charge is 0.331 e. The molecule has 0 saturated heterocycles. The first kappa shape index (κ1) is 15.2. The van der Waals surface area contributed by atoms with E-state index < -0.39 is 18.4 Å². The number of aryl methyl sites for hydroxylation is 1. The Balaban J connectivity index is 2.53. The Hall–Kier alpha value is -2.81. The van der Waals surface area contributed by atoms with Gasteiger partial charge < -0.3 is 14.9 Å². The van der Waals surface area contributed by atoms with Gasteiger partial charge in [0.15, 0.2) is 6.61 Å². The van der Waals surface area contributed by atoms with Gasteiger partial charge in [0.25, 0.3) is 0 Å². The second-order valence-electron chi connectivity index (χ2n) is 3.98. The van der Waals surface area contributed by atoms with Crippen LogP contribution in [-0.4, -0.2) is 18.4 Å². The van der Waals surface area contributed by atoms with Crippen LogP contribution in [0.4, 0.5) is 0 Å². The van der Waals surface area contributed by atoms with Crippen LogP contribution in [0.2, 0.25) is 0 Å². The number of nitrogens with zero attached hydrogens (tertiary/aromatic N) is 1. The van der Waals surface area contributed by atoms with Gasteiger partial charge in [0, 0.05) is 11.8 Å². The molecule has 6 nitrogen and oxygen atoms in total. The number of ether oxygens (including phenoxy) is 1. The van der Waals surface area contributed by atoms with Crippen LogP contribution in [0.5, 0.6) is 0 Å². The molecule has 0 amide bonds. The third-order valence-electron chi connectivity index (χ3n) is 2.28. The summed E-state index contributed by atoms with van der Waals surface area (Å²) in [4.78, 5) is 22.9. The minimum absolute atomic E-state index is 0.0927. The first-order valence-electron chi connectivity index (χ1n) is 5.75. The van der Waals surface area contributed by atoms with Crippen molar-refractivity contribution < 1.29 is 18.7 Å². The van der Waals surface area contributed by atoms with E-state index in [2.05, 4.69) is 0 Å². The third-order valence-corrected chi connectivity index (χ3v) is 2.28. The van der Waals surface area contributed by atoms with Crippen molar-refractivity contribution in [2.45, 2.75) is 13.8 Å². The molecule has 0 spiro atoms. The van der Waals surface area contributed by atoms with Crippen molar-refractivity contribution >= 4 is 17.8 Å². The summed E-state index contributed by atoms with van der Waals surface area (Å²) in [7, 11) is 0. The van der Waals surface area contributed by atoms with Crippen LogP contribution < -0.4 is 5.73 Å². The largest absolute Gasteiger partial charge is 0.462 e. The molecular weight excluding hydrogens is 260 g/mol. The number of allylic oxidation sites excluding steroid dienone is 1. The summed E-state index contributed by atoms with van der Waals surface area (Å²) < 4.78 is 9.93. The molecule has 0 unspecified atom stereocenters. The van der Waals surface area contributed by atoms with Crippen molar-refractivity contribution in [2.24, 2.45) is 5.73 Å². The van der Waals surface area contributed by atoms with Crippen LogP contribution in [0.1, 0.15) is 18.4 Å². The van der Waals surface area contributed by atoms with Gasteiger partial charge in [0.2, 0.25) is 5.78 Å². The van der Waals surface area contributed by atoms with E-state index in [0.717, 1.165) is 11.8 Å². The van der Waals surface area contributed by atoms with Gasteiger partial charge in [-0.25, -0.2) is 4.79 Å². The van der Waals surface area contributed by atoms with Crippen LogP contribution in [0.3, 0.4) is 0 Å². The van der Waals surface area contributed by atoms with Gasteiger partial charge in [0.1, 0.15) is 23.2 Å². The standard InChI is InChI=1S/C14H14N2O4/c1-9-3-4-11(20-9)5-6-14(18)19-8-13(17)12(7-15)10(2)16/h3-6H,8,16H2,1-2H3/b6-5+,12-10-. The SMILES string of the molecule is C/C(N)=C(\C#N)C(=O)COC(=O)/C=C/c1ccc(C)o1. The summed E-state index contributed by atoms with van der Waals surface area (Å²) in [5, 5.41) is 8.71. The monoisotopic (exact) mass is 274 g/mol. The van der Waals surface area contributed by atoms with Crippen LogP contribution >= 0.6 is 0 Å². The lowest BCUT2D eigenvalue weighted by Gasteiger charge is -2.01. The van der Waals surface area contributed by atoms with Crippen molar-refractivity contribution in [2.75, 3.05) is 6.61 Å². The molecule has 104 valence electrons. The summed E-state index contributed by atoms with van der Waals surface area (Å²) in [6, 6.07) is 5.11. The number of ketones is 1. The van der Waals surface area contributed by atoms with Gasteiger partial charge in [-0.1, -0.05) is 0 Å². The van der Waals surface area contributed by atoms with Crippen LogP contribution in [0.25, 0.3) is 6.08 Å². The summed E-state index contributed by atoms with van der Waals surface area (Å²) in [6.07, 6.45) is 2.56. The van der Waals surface area contributed by atoms with Crippen molar-refractivity contribution in [1.29, 1.82) is 5.26 Å². The number of rotatable bonds is 5. The molecule has 0 aromatic carbocycles. The molecule has 1 heterocycles. The lowest BCUT2D eigenvalue weighted by Crippen LogP contribution is -2.16. The van der Waals surface area contributed by atoms with Gasteiger partial charge >= 0.3 is 5.97 Å². The fourth-order valence-electron chi connectivity index (χ4n) is 1.32. The highest BCUT2D eigenvalue weighted by molar-refractivity contribution is 6.01. The highest BCUT2D eigenvalue weighted by Crippen LogP contribution is 2.08. The molecule has 0 aliphatic rings. The Morgan fingerprint density at radius 2 is 2.20 bits per heavy atom. The van der Waals surface area contributed by atoms with E-state index in [-0.39, 0.29) is 11.3 Å². The van der Waals surface area contributed by atoms with E-state index in [1.165, 1.54) is 13.0 Å². The number of hydrogen-bond donors (Lipinski definition) is 1. The number of carbonyl (C=O) groups is 2. The topological polar surface area (TPSA) is 106 Å². The second kappa shape index (κ2) is 6.95. The van der Waals surface area contributed by atoms with Crippen molar-refractivity contribution in [3.8, 4) is 6.07 Å². The maximum absolute atomic E-state index is 11.5. The number of furan rings is 1. The van der Waals surface area contributed by atoms with Crippen LogP contribution in [0.15, 0.2) is 33.9 Å². The zero-order valence-corrected chi connectivity index (χ0v) is 11.2. The average Bonchev–Trinajstić information content (AvgIpc) is 2.80. The van der Waals surface area contributed by atoms with Crippen molar-refractivity contribution in [3.63, 3.8) is 0 Å². The molecular formula is C14H14N2O4. The molecule has 1 aromatic rings.